The van der Waals surface area contributed by atoms with Gasteiger partial charge in [-0.25, -0.2) is 0 Å². The van der Waals surface area contributed by atoms with Gasteiger partial charge in [0.2, 0.25) is 5.43 Å². The fraction of sp³-hybridized carbons (Fsp3) is 0.133. The topological polar surface area (TPSA) is 30.2 Å². The predicted octanol–water partition coefficient (Wildman–Crippen LogP) is 2.39. The molecule has 0 radical (unpaired) electrons. The Bertz CT molecular complexity index is 803. The van der Waals surface area contributed by atoms with Crippen molar-refractivity contribution in [2.24, 2.45) is 0 Å². The largest absolute Gasteiger partial charge is 0.456 e. The van der Waals surface area contributed by atoms with Gasteiger partial charge in [0.1, 0.15) is 19.0 Å². The zero-order valence-electron chi connectivity index (χ0n) is 10.5. The normalized spacial score (nSPS) is 11.2. The molecule has 0 fully saturated rings. The van der Waals surface area contributed by atoms with Gasteiger partial charge in [-0.15, -0.1) is 0 Å². The van der Waals surface area contributed by atoms with E-state index in [0.29, 0.717) is 21.9 Å². The standard InChI is InChI=1S/C15H13BO2/c1-9-3-2-4-13-14(9)15(17)11-7-10(8-16)5-6-12(11)18-13/h2-7H,8,16H2,1H3. The van der Waals surface area contributed by atoms with E-state index in [1.807, 2.05) is 43.3 Å². The SMILES string of the molecule is BCc1ccc2oc3cccc(C)c3c(=O)c2c1. The van der Waals surface area contributed by atoms with Crippen molar-refractivity contribution in [3.05, 3.63) is 57.7 Å². The highest BCUT2D eigenvalue weighted by atomic mass is 16.3. The molecule has 3 heteroatoms. The first-order chi connectivity index (χ1) is 8.70. The van der Waals surface area contributed by atoms with Gasteiger partial charge in [0, 0.05) is 0 Å². The van der Waals surface area contributed by atoms with E-state index < -0.39 is 0 Å². The Labute approximate surface area is 106 Å². The van der Waals surface area contributed by atoms with Crippen molar-refractivity contribution in [3.8, 4) is 0 Å². The van der Waals surface area contributed by atoms with Crippen LogP contribution in [0.5, 0.6) is 0 Å². The number of hydrogen-bond donors (Lipinski definition) is 0. The second-order valence-electron chi connectivity index (χ2n) is 4.56. The number of aryl methyl sites for hydroxylation is 1. The minimum Gasteiger partial charge on any atom is -0.456 e. The molecule has 0 bridgehead atoms. The van der Waals surface area contributed by atoms with Crippen LogP contribution in [0, 0.1) is 6.92 Å². The third kappa shape index (κ3) is 1.55. The lowest BCUT2D eigenvalue weighted by Crippen LogP contribution is -2.04. The van der Waals surface area contributed by atoms with Gasteiger partial charge in [-0.05, 0) is 30.7 Å². The quantitative estimate of drug-likeness (QED) is 0.479. The van der Waals surface area contributed by atoms with Crippen molar-refractivity contribution in [2.75, 3.05) is 0 Å². The second-order valence-corrected chi connectivity index (χ2v) is 4.56. The molecule has 1 aromatic heterocycles. The Morgan fingerprint density at radius 3 is 2.78 bits per heavy atom. The maximum Gasteiger partial charge on any atom is 0.200 e. The highest BCUT2D eigenvalue weighted by Gasteiger charge is 2.09. The van der Waals surface area contributed by atoms with Crippen LogP contribution in [0.25, 0.3) is 21.9 Å². The minimum absolute atomic E-state index is 0.0691. The lowest BCUT2D eigenvalue weighted by atomic mass is 9.95. The molecule has 3 aromatic rings. The predicted molar refractivity (Wildman–Crippen MR) is 77.0 cm³/mol. The van der Waals surface area contributed by atoms with E-state index in [-0.39, 0.29) is 5.43 Å². The molecule has 1 heterocycles. The van der Waals surface area contributed by atoms with Crippen LogP contribution in [0.2, 0.25) is 0 Å². The molecule has 88 valence electrons. The minimum atomic E-state index is 0.0691. The maximum atomic E-state index is 12.5. The summed E-state index contributed by atoms with van der Waals surface area (Å²) in [5.41, 5.74) is 3.51. The van der Waals surface area contributed by atoms with Crippen LogP contribution in [-0.2, 0) is 6.32 Å². The molecule has 0 N–H and O–H groups in total. The monoisotopic (exact) mass is 236 g/mol. The highest BCUT2D eigenvalue weighted by Crippen LogP contribution is 2.21. The van der Waals surface area contributed by atoms with Crippen molar-refractivity contribution in [1.82, 2.24) is 0 Å². The van der Waals surface area contributed by atoms with Crippen LogP contribution in [-0.4, -0.2) is 7.85 Å². The molecule has 18 heavy (non-hydrogen) atoms. The van der Waals surface area contributed by atoms with Crippen molar-refractivity contribution < 1.29 is 4.42 Å². The Morgan fingerprint density at radius 1 is 1.17 bits per heavy atom. The molecule has 0 aliphatic rings. The molecule has 0 saturated heterocycles. The summed E-state index contributed by atoms with van der Waals surface area (Å²) >= 11 is 0. The van der Waals surface area contributed by atoms with Crippen LogP contribution in [0.15, 0.2) is 45.6 Å². The van der Waals surface area contributed by atoms with Crippen LogP contribution >= 0.6 is 0 Å². The molecule has 0 aliphatic heterocycles. The molecular weight excluding hydrogens is 223 g/mol. The summed E-state index contributed by atoms with van der Waals surface area (Å²) in [5.74, 6) is 0. The fourth-order valence-corrected chi connectivity index (χ4v) is 2.33. The van der Waals surface area contributed by atoms with Gasteiger partial charge in [-0.2, -0.15) is 0 Å². The number of benzene rings is 2. The Morgan fingerprint density at radius 2 is 2.00 bits per heavy atom. The van der Waals surface area contributed by atoms with E-state index in [4.69, 9.17) is 4.42 Å². The van der Waals surface area contributed by atoms with Gasteiger partial charge in [0.05, 0.1) is 10.8 Å². The smallest absolute Gasteiger partial charge is 0.200 e. The van der Waals surface area contributed by atoms with E-state index in [1.54, 1.807) is 0 Å². The molecule has 0 saturated carbocycles. The van der Waals surface area contributed by atoms with E-state index in [9.17, 15) is 4.79 Å². The maximum absolute atomic E-state index is 12.5. The second kappa shape index (κ2) is 4.02. The Hall–Kier alpha value is -2.03. The van der Waals surface area contributed by atoms with Gasteiger partial charge in [0.25, 0.3) is 0 Å². The average molecular weight is 236 g/mol. The summed E-state index contributed by atoms with van der Waals surface area (Å²) < 4.78 is 5.81. The molecule has 0 amide bonds. The summed E-state index contributed by atoms with van der Waals surface area (Å²) in [6.45, 7) is 1.94. The first-order valence-electron chi connectivity index (χ1n) is 6.16. The molecular formula is C15H13BO2. The molecule has 2 nitrogen and oxygen atoms in total. The zero-order valence-corrected chi connectivity index (χ0v) is 10.5. The lowest BCUT2D eigenvalue weighted by molar-refractivity contribution is 0.659. The number of hydrogen-bond acceptors (Lipinski definition) is 2. The summed E-state index contributed by atoms with van der Waals surface area (Å²) in [4.78, 5) is 12.5. The van der Waals surface area contributed by atoms with Gasteiger partial charge in [0.15, 0.2) is 0 Å². The zero-order chi connectivity index (χ0) is 12.7. The molecule has 0 atom stereocenters. The van der Waals surface area contributed by atoms with Gasteiger partial charge >= 0.3 is 0 Å². The molecule has 3 rings (SSSR count). The third-order valence-corrected chi connectivity index (χ3v) is 3.38. The Kier molecular flexibility index (Phi) is 2.48. The van der Waals surface area contributed by atoms with Crippen molar-refractivity contribution in [1.29, 1.82) is 0 Å². The van der Waals surface area contributed by atoms with Crippen molar-refractivity contribution in [2.45, 2.75) is 13.2 Å². The van der Waals surface area contributed by atoms with E-state index in [2.05, 4.69) is 7.85 Å². The molecule has 2 aromatic carbocycles. The summed E-state index contributed by atoms with van der Waals surface area (Å²) in [6, 6.07) is 11.5. The summed E-state index contributed by atoms with van der Waals surface area (Å²) in [6.07, 6.45) is 0.918. The lowest BCUT2D eigenvalue weighted by Gasteiger charge is -2.04. The van der Waals surface area contributed by atoms with E-state index in [0.717, 1.165) is 17.4 Å². The van der Waals surface area contributed by atoms with Crippen LogP contribution < -0.4 is 5.43 Å². The average Bonchev–Trinajstić information content (AvgIpc) is 2.38. The summed E-state index contributed by atoms with van der Waals surface area (Å²) in [7, 11) is 2.08. The first kappa shape index (κ1) is 11.1. The van der Waals surface area contributed by atoms with E-state index in [1.165, 1.54) is 0 Å². The van der Waals surface area contributed by atoms with E-state index >= 15 is 0 Å². The fourth-order valence-electron chi connectivity index (χ4n) is 2.33. The summed E-state index contributed by atoms with van der Waals surface area (Å²) in [5, 5.41) is 1.37. The number of rotatable bonds is 1. The Balaban J connectivity index is 2.54. The van der Waals surface area contributed by atoms with Gasteiger partial charge in [-0.3, -0.25) is 4.79 Å². The van der Waals surface area contributed by atoms with Crippen LogP contribution in [0.1, 0.15) is 11.1 Å². The van der Waals surface area contributed by atoms with Gasteiger partial charge < -0.3 is 4.42 Å². The van der Waals surface area contributed by atoms with Crippen molar-refractivity contribution >= 4 is 29.8 Å². The van der Waals surface area contributed by atoms with Crippen LogP contribution in [0.4, 0.5) is 0 Å². The third-order valence-electron chi connectivity index (χ3n) is 3.38. The molecule has 0 spiro atoms. The highest BCUT2D eigenvalue weighted by molar-refractivity contribution is 6.08. The van der Waals surface area contributed by atoms with Crippen LogP contribution in [0.3, 0.4) is 0 Å². The van der Waals surface area contributed by atoms with Gasteiger partial charge in [-0.1, -0.05) is 30.1 Å². The molecule has 0 aliphatic carbocycles. The first-order valence-corrected chi connectivity index (χ1v) is 6.16. The number of fused-ring (bicyclic) bond motifs is 2. The van der Waals surface area contributed by atoms with Crippen molar-refractivity contribution in [3.63, 3.8) is 0 Å². The molecule has 0 unspecified atom stereocenters.